The average Bonchev–Trinajstić information content (AvgIpc) is 2.66. The van der Waals surface area contributed by atoms with Crippen LogP contribution in [0, 0.1) is 5.92 Å². The zero-order valence-electron chi connectivity index (χ0n) is 18.0. The van der Waals surface area contributed by atoms with Crippen molar-refractivity contribution in [1.82, 2.24) is 20.3 Å². The minimum absolute atomic E-state index is 0.245. The highest BCUT2D eigenvalue weighted by atomic mass is 16.6. The summed E-state index contributed by atoms with van der Waals surface area (Å²) in [5.41, 5.74) is 1.60. The third-order valence-corrected chi connectivity index (χ3v) is 4.47. The van der Waals surface area contributed by atoms with Crippen LogP contribution in [0.25, 0.3) is 22.0 Å². The number of nitrogens with zero attached hydrogens (tertiary/aromatic N) is 2. The second-order valence-electron chi connectivity index (χ2n) is 8.75. The smallest absolute Gasteiger partial charge is 0.408 e. The van der Waals surface area contributed by atoms with Crippen molar-refractivity contribution in [3.05, 3.63) is 58.9 Å². The lowest BCUT2D eigenvalue weighted by molar-refractivity contribution is 0.0495. The van der Waals surface area contributed by atoms with E-state index in [1.807, 2.05) is 44.2 Å². The van der Waals surface area contributed by atoms with Crippen LogP contribution in [-0.2, 0) is 4.74 Å². The van der Waals surface area contributed by atoms with Crippen LogP contribution in [0.5, 0.6) is 0 Å². The number of aromatic nitrogens is 3. The topological polar surface area (TPSA) is 97.0 Å². The van der Waals surface area contributed by atoms with E-state index in [1.54, 1.807) is 33.2 Å². The third kappa shape index (κ3) is 5.43. The van der Waals surface area contributed by atoms with Crippen LogP contribution < -0.4 is 10.9 Å². The number of pyridine rings is 1. The first kappa shape index (κ1) is 21.5. The highest BCUT2D eigenvalue weighted by Gasteiger charge is 2.23. The molecule has 0 spiro atoms. The normalized spacial score (nSPS) is 12.7. The molecular weight excluding hydrogens is 380 g/mol. The van der Waals surface area contributed by atoms with Gasteiger partial charge in [0.1, 0.15) is 11.4 Å². The molecule has 1 aromatic carbocycles. The van der Waals surface area contributed by atoms with Crippen LogP contribution in [0.2, 0.25) is 0 Å². The van der Waals surface area contributed by atoms with Crippen LogP contribution in [-0.4, -0.2) is 26.6 Å². The lowest BCUT2D eigenvalue weighted by atomic mass is 10.0. The minimum Gasteiger partial charge on any atom is -0.444 e. The number of nitrogens with one attached hydrogen (secondary N) is 2. The zero-order chi connectivity index (χ0) is 21.9. The highest BCUT2D eigenvalue weighted by Crippen LogP contribution is 2.24. The summed E-state index contributed by atoms with van der Waals surface area (Å²) in [5, 5.41) is 3.34. The first-order valence-corrected chi connectivity index (χ1v) is 10.1. The van der Waals surface area contributed by atoms with Crippen molar-refractivity contribution in [2.75, 3.05) is 0 Å². The van der Waals surface area contributed by atoms with Crippen molar-refractivity contribution in [1.29, 1.82) is 0 Å². The fraction of sp³-hybridized carbons (Fsp3) is 0.391. The molecule has 2 heterocycles. The van der Waals surface area contributed by atoms with Gasteiger partial charge in [0.05, 0.1) is 16.9 Å². The molecule has 0 aliphatic rings. The Hall–Kier alpha value is -3.22. The average molecular weight is 409 g/mol. The van der Waals surface area contributed by atoms with E-state index >= 15 is 0 Å². The molecule has 0 bridgehead atoms. The zero-order valence-corrected chi connectivity index (χ0v) is 18.0. The van der Waals surface area contributed by atoms with Gasteiger partial charge in [0.25, 0.3) is 5.56 Å². The molecule has 3 rings (SSSR count). The van der Waals surface area contributed by atoms with E-state index in [1.165, 1.54) is 0 Å². The van der Waals surface area contributed by atoms with E-state index in [4.69, 9.17) is 4.74 Å². The largest absolute Gasteiger partial charge is 0.444 e. The van der Waals surface area contributed by atoms with E-state index in [2.05, 4.69) is 20.3 Å². The van der Waals surface area contributed by atoms with Crippen molar-refractivity contribution in [3.8, 4) is 11.1 Å². The molecule has 0 radical (unpaired) electrons. The maximum absolute atomic E-state index is 12.8. The molecule has 1 atom stereocenters. The molecule has 0 aliphatic carbocycles. The number of alkyl carbamates (subject to hydrolysis) is 1. The van der Waals surface area contributed by atoms with Crippen molar-refractivity contribution in [2.24, 2.45) is 5.92 Å². The fourth-order valence-corrected chi connectivity index (χ4v) is 3.21. The molecule has 158 valence electrons. The van der Waals surface area contributed by atoms with Crippen LogP contribution in [0.15, 0.2) is 47.5 Å². The van der Waals surface area contributed by atoms with Gasteiger partial charge in [-0.2, -0.15) is 0 Å². The Kier molecular flexibility index (Phi) is 6.20. The number of hydrogen-bond acceptors (Lipinski definition) is 5. The fourth-order valence-electron chi connectivity index (χ4n) is 3.21. The van der Waals surface area contributed by atoms with Gasteiger partial charge >= 0.3 is 6.09 Å². The van der Waals surface area contributed by atoms with Gasteiger partial charge in [-0.15, -0.1) is 0 Å². The van der Waals surface area contributed by atoms with Gasteiger partial charge in [0.2, 0.25) is 0 Å². The minimum atomic E-state index is -0.611. The molecule has 30 heavy (non-hydrogen) atoms. The molecule has 0 saturated heterocycles. The number of ether oxygens (including phenoxy) is 1. The molecule has 1 unspecified atom stereocenters. The maximum Gasteiger partial charge on any atom is 0.408 e. The van der Waals surface area contributed by atoms with E-state index in [0.717, 1.165) is 11.1 Å². The lowest BCUT2D eigenvalue weighted by Gasteiger charge is -2.24. The molecule has 7 heteroatoms. The standard InChI is InChI=1S/C23H28N4O3/c1-14(2)12-19(26-22(29)30-23(3,4)5)20-25-18-7-6-16(13-17(18)21(28)27-20)15-8-10-24-11-9-15/h6-11,13-14,19H,12H2,1-5H3,(H,26,29)(H,25,27,28). The summed E-state index contributed by atoms with van der Waals surface area (Å²) in [6, 6.07) is 8.88. The van der Waals surface area contributed by atoms with Crippen LogP contribution >= 0.6 is 0 Å². The van der Waals surface area contributed by atoms with Crippen molar-refractivity contribution < 1.29 is 9.53 Å². The number of H-pyrrole nitrogens is 1. The van der Waals surface area contributed by atoms with Crippen LogP contribution in [0.4, 0.5) is 4.79 Å². The number of amides is 1. The molecule has 2 aromatic heterocycles. The van der Waals surface area contributed by atoms with Crippen LogP contribution in [0.1, 0.15) is 52.9 Å². The van der Waals surface area contributed by atoms with Gasteiger partial charge in [0, 0.05) is 12.4 Å². The first-order valence-electron chi connectivity index (χ1n) is 10.1. The molecule has 7 nitrogen and oxygen atoms in total. The maximum atomic E-state index is 12.8. The number of benzene rings is 1. The van der Waals surface area contributed by atoms with Gasteiger partial charge in [-0.25, -0.2) is 9.78 Å². The number of rotatable bonds is 5. The first-order chi connectivity index (χ1) is 14.1. The highest BCUT2D eigenvalue weighted by molar-refractivity contribution is 5.83. The Balaban J connectivity index is 1.96. The van der Waals surface area contributed by atoms with Crippen molar-refractivity contribution >= 4 is 17.0 Å². The second kappa shape index (κ2) is 8.65. The van der Waals surface area contributed by atoms with Gasteiger partial charge in [-0.1, -0.05) is 19.9 Å². The summed E-state index contributed by atoms with van der Waals surface area (Å²) in [7, 11) is 0. The number of carbonyl (C=O) groups excluding carboxylic acids is 1. The van der Waals surface area contributed by atoms with Gasteiger partial charge < -0.3 is 15.0 Å². The third-order valence-electron chi connectivity index (χ3n) is 4.47. The van der Waals surface area contributed by atoms with Gasteiger partial charge in [0.15, 0.2) is 0 Å². The van der Waals surface area contributed by atoms with E-state index in [-0.39, 0.29) is 11.5 Å². The monoisotopic (exact) mass is 408 g/mol. The van der Waals surface area contributed by atoms with E-state index in [9.17, 15) is 9.59 Å². The molecule has 0 saturated carbocycles. The second-order valence-corrected chi connectivity index (χ2v) is 8.75. The van der Waals surface area contributed by atoms with Gasteiger partial charge in [-0.3, -0.25) is 9.78 Å². The Labute approximate surface area is 175 Å². The Morgan fingerprint density at radius 1 is 1.13 bits per heavy atom. The van der Waals surface area contributed by atoms with E-state index < -0.39 is 17.7 Å². The van der Waals surface area contributed by atoms with Crippen molar-refractivity contribution in [3.63, 3.8) is 0 Å². The Bertz CT molecular complexity index is 1090. The molecule has 0 fully saturated rings. The molecule has 2 N–H and O–H groups in total. The summed E-state index contributed by atoms with van der Waals surface area (Å²) >= 11 is 0. The number of carbonyl (C=O) groups is 1. The molecule has 1 amide bonds. The van der Waals surface area contributed by atoms with E-state index in [0.29, 0.717) is 23.1 Å². The molecule has 0 aliphatic heterocycles. The number of aromatic amines is 1. The van der Waals surface area contributed by atoms with Gasteiger partial charge in [-0.05, 0) is 68.5 Å². The summed E-state index contributed by atoms with van der Waals surface area (Å²) in [6.45, 7) is 9.51. The molecular formula is C23H28N4O3. The predicted octanol–water partition coefficient (Wildman–Crippen LogP) is 4.60. The summed E-state index contributed by atoms with van der Waals surface area (Å²) < 4.78 is 5.38. The quantitative estimate of drug-likeness (QED) is 0.643. The Morgan fingerprint density at radius 2 is 1.83 bits per heavy atom. The van der Waals surface area contributed by atoms with Crippen molar-refractivity contribution in [2.45, 2.75) is 52.7 Å². The SMILES string of the molecule is CC(C)CC(NC(=O)OC(C)(C)C)c1nc2ccc(-c3ccncc3)cc2c(=O)[nH]1. The molecule has 3 aromatic rings. The van der Waals surface area contributed by atoms with Crippen LogP contribution in [0.3, 0.4) is 0 Å². The number of hydrogen-bond donors (Lipinski definition) is 2. The summed E-state index contributed by atoms with van der Waals surface area (Å²) in [5.74, 6) is 0.698. The lowest BCUT2D eigenvalue weighted by Crippen LogP contribution is -2.36. The Morgan fingerprint density at radius 3 is 2.47 bits per heavy atom. The summed E-state index contributed by atoms with van der Waals surface area (Å²) in [6.07, 6.45) is 3.50. The summed E-state index contributed by atoms with van der Waals surface area (Å²) in [4.78, 5) is 36.7. The predicted molar refractivity (Wildman–Crippen MR) is 117 cm³/mol. The number of fused-ring (bicyclic) bond motifs is 1.